The van der Waals surface area contributed by atoms with Gasteiger partial charge in [0, 0.05) is 96.6 Å². The van der Waals surface area contributed by atoms with Gasteiger partial charge in [-0.3, -0.25) is 14.6 Å². The number of hydrogen-bond donors (Lipinski definition) is 3. The van der Waals surface area contributed by atoms with Crippen LogP contribution in [0, 0.1) is 0 Å². The van der Waals surface area contributed by atoms with E-state index < -0.39 is 6.09 Å². The topological polar surface area (TPSA) is 146 Å². The lowest BCUT2D eigenvalue weighted by molar-refractivity contribution is -0.130. The van der Waals surface area contributed by atoms with Gasteiger partial charge in [-0.05, 0) is 49.6 Å². The molecule has 0 radical (unpaired) electrons. The van der Waals surface area contributed by atoms with Gasteiger partial charge in [0.15, 0.2) is 0 Å². The van der Waals surface area contributed by atoms with Crippen molar-refractivity contribution in [2.45, 2.75) is 57.8 Å². The van der Waals surface area contributed by atoms with Gasteiger partial charge in [-0.25, -0.2) is 9.78 Å². The van der Waals surface area contributed by atoms with Gasteiger partial charge in [-0.2, -0.15) is 0 Å². The number of halogens is 3. The first-order valence-corrected chi connectivity index (χ1v) is 20.1. The number of rotatable bonds is 12. The summed E-state index contributed by atoms with van der Waals surface area (Å²) in [6, 6.07) is 18.6. The molecule has 0 aliphatic carbocycles. The number of carbonyl (C=O) groups is 3. The predicted octanol–water partition coefficient (Wildman–Crippen LogP) is 8.47. The largest absolute Gasteiger partial charge is 0.496 e. The molecule has 15 heteroatoms. The zero-order valence-electron chi connectivity index (χ0n) is 32.3. The number of likely N-dealkylation sites (tertiary alicyclic amines) is 1. The number of nitrogens with one attached hydrogen (secondary N) is 2. The summed E-state index contributed by atoms with van der Waals surface area (Å²) in [7, 11) is 3.16. The smallest absolute Gasteiger partial charge is 0.407 e. The summed E-state index contributed by atoms with van der Waals surface area (Å²) in [5.74, 6) is 1.18. The van der Waals surface area contributed by atoms with E-state index in [1.807, 2.05) is 47.4 Å². The van der Waals surface area contributed by atoms with E-state index in [-0.39, 0.29) is 37.0 Å². The maximum Gasteiger partial charge on any atom is 0.407 e. The molecule has 58 heavy (non-hydrogen) atoms. The van der Waals surface area contributed by atoms with Crippen LogP contribution in [-0.4, -0.2) is 88.7 Å². The third-order valence-corrected chi connectivity index (χ3v) is 11.9. The SMILES string of the molecule is COc1cc(-c2nccc(-c3cccc(-c4ccc5c(OC)c(CNC6CCN(C(C)=O)CC6)cc(Cl)c5n4)c3Cl)c2Cl)ccc1CN(C[C@@H]1CCC(=O)N1)C(=O)O. The van der Waals surface area contributed by atoms with Crippen molar-refractivity contribution < 1.29 is 29.0 Å². The van der Waals surface area contributed by atoms with Gasteiger partial charge in [-0.15, -0.1) is 0 Å². The molecule has 4 heterocycles. The molecular weight excluding hydrogens is 803 g/mol. The lowest BCUT2D eigenvalue weighted by atomic mass is 9.98. The van der Waals surface area contributed by atoms with Crippen molar-refractivity contribution >= 4 is 63.6 Å². The molecule has 7 rings (SSSR count). The summed E-state index contributed by atoms with van der Waals surface area (Å²) in [5, 5.41) is 18.4. The molecule has 0 saturated carbocycles. The minimum atomic E-state index is -1.09. The van der Waals surface area contributed by atoms with Gasteiger partial charge in [-0.1, -0.05) is 65.1 Å². The molecule has 3 N–H and O–H groups in total. The zero-order valence-corrected chi connectivity index (χ0v) is 34.5. The monoisotopic (exact) mass is 844 g/mol. The van der Waals surface area contributed by atoms with Gasteiger partial charge in [0.1, 0.15) is 11.5 Å². The Bertz CT molecular complexity index is 2390. The maximum absolute atomic E-state index is 12.1. The van der Waals surface area contributed by atoms with Crippen LogP contribution in [0.15, 0.2) is 66.9 Å². The van der Waals surface area contributed by atoms with Gasteiger partial charge in [0.05, 0.1) is 52.7 Å². The number of carboxylic acid groups (broad SMARTS) is 1. The number of benzene rings is 3. The fraction of sp³-hybridized carbons (Fsp3) is 0.326. The maximum atomic E-state index is 12.1. The van der Waals surface area contributed by atoms with E-state index in [9.17, 15) is 19.5 Å². The number of aromatic nitrogens is 2. The fourth-order valence-electron chi connectivity index (χ4n) is 7.77. The second-order valence-electron chi connectivity index (χ2n) is 14.5. The number of amides is 3. The summed E-state index contributed by atoms with van der Waals surface area (Å²) in [4.78, 5) is 48.3. The van der Waals surface area contributed by atoms with Gasteiger partial charge >= 0.3 is 6.09 Å². The molecule has 12 nitrogen and oxygen atoms in total. The highest BCUT2D eigenvalue weighted by Crippen LogP contribution is 2.43. The molecular formula is C43H43Cl3N6O6. The molecule has 5 aromatic rings. The Kier molecular flexibility index (Phi) is 12.6. The van der Waals surface area contributed by atoms with Crippen LogP contribution in [0.4, 0.5) is 4.79 Å². The van der Waals surface area contributed by atoms with E-state index in [2.05, 4.69) is 15.6 Å². The van der Waals surface area contributed by atoms with Crippen LogP contribution >= 0.6 is 34.8 Å². The molecule has 2 aromatic heterocycles. The number of hydrogen-bond acceptors (Lipinski definition) is 8. The van der Waals surface area contributed by atoms with E-state index in [0.29, 0.717) is 90.7 Å². The summed E-state index contributed by atoms with van der Waals surface area (Å²) < 4.78 is 11.6. The van der Waals surface area contributed by atoms with Crippen molar-refractivity contribution in [1.29, 1.82) is 0 Å². The number of fused-ring (bicyclic) bond motifs is 1. The number of pyridine rings is 2. The Morgan fingerprint density at radius 2 is 1.71 bits per heavy atom. The molecule has 2 aliphatic heterocycles. The fourth-order valence-corrected chi connectivity index (χ4v) is 8.69. The van der Waals surface area contributed by atoms with Crippen molar-refractivity contribution in [2.75, 3.05) is 33.9 Å². The van der Waals surface area contributed by atoms with Crippen LogP contribution in [0.5, 0.6) is 11.5 Å². The molecule has 2 saturated heterocycles. The Hall–Kier alpha value is -5.14. The third kappa shape index (κ3) is 8.66. The van der Waals surface area contributed by atoms with Crippen molar-refractivity contribution in [3.63, 3.8) is 0 Å². The Morgan fingerprint density at radius 3 is 2.40 bits per heavy atom. The Morgan fingerprint density at radius 1 is 0.948 bits per heavy atom. The highest BCUT2D eigenvalue weighted by molar-refractivity contribution is 6.39. The number of nitrogens with zero attached hydrogens (tertiary/aromatic N) is 4. The number of piperidine rings is 1. The van der Waals surface area contributed by atoms with Gasteiger partial charge in [0.25, 0.3) is 0 Å². The first-order chi connectivity index (χ1) is 27.9. The second-order valence-corrected chi connectivity index (χ2v) is 15.6. The predicted molar refractivity (Wildman–Crippen MR) is 226 cm³/mol. The Balaban J connectivity index is 1.14. The summed E-state index contributed by atoms with van der Waals surface area (Å²) >= 11 is 21.2. The van der Waals surface area contributed by atoms with Crippen molar-refractivity contribution in [3.05, 3.63) is 93.1 Å². The van der Waals surface area contributed by atoms with Crippen molar-refractivity contribution in [2.24, 2.45) is 0 Å². The van der Waals surface area contributed by atoms with Crippen LogP contribution < -0.4 is 20.1 Å². The normalized spacial score (nSPS) is 15.7. The average molecular weight is 846 g/mol. The summed E-state index contributed by atoms with van der Waals surface area (Å²) in [6.45, 7) is 3.86. The molecule has 302 valence electrons. The second kappa shape index (κ2) is 17.8. The lowest BCUT2D eigenvalue weighted by Gasteiger charge is -2.32. The lowest BCUT2D eigenvalue weighted by Crippen LogP contribution is -2.43. The highest BCUT2D eigenvalue weighted by atomic mass is 35.5. The minimum absolute atomic E-state index is 0.0669. The molecule has 2 aliphatic rings. The standard InChI is InChI=1S/C43H43Cl3N6O6/c1-24(53)51-17-14-28(15-18-51)48-21-27-19-34(44)41-33(42(27)58-3)10-11-35(50-41)32-6-4-5-30(38(32)45)31-13-16-47-40(39(31)46)25-7-8-26(36(20-25)57-2)22-52(43(55)56)23-29-9-12-37(54)49-29/h4-8,10-11,13,16,19-20,28-29,48H,9,12,14-15,17-18,21-23H2,1-3H3,(H,49,54)(H,55,56)/t29-/m0/s1. The average Bonchev–Trinajstić information content (AvgIpc) is 3.64. The quantitative estimate of drug-likeness (QED) is 0.113. The van der Waals surface area contributed by atoms with Crippen LogP contribution in [0.3, 0.4) is 0 Å². The molecule has 0 bridgehead atoms. The minimum Gasteiger partial charge on any atom is -0.496 e. The van der Waals surface area contributed by atoms with E-state index >= 15 is 0 Å². The zero-order chi connectivity index (χ0) is 41.1. The molecule has 3 amide bonds. The summed E-state index contributed by atoms with van der Waals surface area (Å²) in [5.41, 5.74) is 5.92. The molecule has 0 unspecified atom stereocenters. The van der Waals surface area contributed by atoms with E-state index in [0.717, 1.165) is 36.9 Å². The Labute approximate surface area is 351 Å². The first-order valence-electron chi connectivity index (χ1n) is 19.0. The highest BCUT2D eigenvalue weighted by Gasteiger charge is 2.27. The number of ether oxygens (including phenoxy) is 2. The van der Waals surface area contributed by atoms with Crippen LogP contribution in [0.1, 0.15) is 43.7 Å². The van der Waals surface area contributed by atoms with Crippen LogP contribution in [0.25, 0.3) is 44.5 Å². The van der Waals surface area contributed by atoms with Gasteiger partial charge < -0.3 is 35.0 Å². The van der Waals surface area contributed by atoms with E-state index in [1.54, 1.807) is 38.4 Å². The molecule has 2 fully saturated rings. The van der Waals surface area contributed by atoms with E-state index in [4.69, 9.17) is 49.3 Å². The van der Waals surface area contributed by atoms with Crippen molar-refractivity contribution in [1.82, 2.24) is 30.4 Å². The summed E-state index contributed by atoms with van der Waals surface area (Å²) in [6.07, 6.45) is 3.28. The number of methoxy groups -OCH3 is 2. The van der Waals surface area contributed by atoms with Gasteiger partial charge in [0.2, 0.25) is 11.8 Å². The molecule has 3 aromatic carbocycles. The number of carbonyl (C=O) groups excluding carboxylic acids is 2. The van der Waals surface area contributed by atoms with E-state index in [1.165, 1.54) is 12.0 Å². The first kappa shape index (κ1) is 41.0. The molecule has 1 atom stereocenters. The van der Waals surface area contributed by atoms with Crippen LogP contribution in [-0.2, 0) is 22.7 Å². The molecule has 0 spiro atoms. The van der Waals surface area contributed by atoms with Crippen molar-refractivity contribution in [3.8, 4) is 45.1 Å². The van der Waals surface area contributed by atoms with Crippen LogP contribution in [0.2, 0.25) is 15.1 Å². The third-order valence-electron chi connectivity index (χ3n) is 10.9.